The fourth-order valence-corrected chi connectivity index (χ4v) is 3.14. The van der Waals surface area contributed by atoms with Gasteiger partial charge in [0.05, 0.1) is 5.41 Å². The number of hydrogen-bond donors (Lipinski definition) is 2. The highest BCUT2D eigenvalue weighted by Crippen LogP contribution is 2.29. The summed E-state index contributed by atoms with van der Waals surface area (Å²) in [6.07, 6.45) is 1.42. The standard InChI is InChI=1S/C18H29N3O2.ClH/c1-15(12-21(2)13-16-6-4-3-5-7-16)20-17(22)18(14-19)8-10-23-11-9-18;/h3-7,15H,8-14,19H2,1-2H3,(H,20,22);1H. The number of benzene rings is 1. The summed E-state index contributed by atoms with van der Waals surface area (Å²) in [5, 5.41) is 3.14. The average molecular weight is 356 g/mol. The molecular weight excluding hydrogens is 326 g/mol. The van der Waals surface area contributed by atoms with Crippen LogP contribution < -0.4 is 11.1 Å². The molecule has 1 heterocycles. The fraction of sp³-hybridized carbons (Fsp3) is 0.611. The van der Waals surface area contributed by atoms with Crippen LogP contribution in [0.3, 0.4) is 0 Å². The highest BCUT2D eigenvalue weighted by atomic mass is 35.5. The van der Waals surface area contributed by atoms with E-state index in [4.69, 9.17) is 10.5 Å². The molecule has 3 N–H and O–H groups in total. The van der Waals surface area contributed by atoms with Crippen LogP contribution in [0, 0.1) is 5.41 Å². The van der Waals surface area contributed by atoms with E-state index in [9.17, 15) is 4.79 Å². The lowest BCUT2D eigenvalue weighted by atomic mass is 9.79. The lowest BCUT2D eigenvalue weighted by Gasteiger charge is -2.36. The van der Waals surface area contributed by atoms with Crippen LogP contribution in [-0.4, -0.2) is 50.2 Å². The van der Waals surface area contributed by atoms with Crippen molar-refractivity contribution in [3.8, 4) is 0 Å². The van der Waals surface area contributed by atoms with E-state index in [0.717, 1.165) is 13.1 Å². The summed E-state index contributed by atoms with van der Waals surface area (Å²) < 4.78 is 5.37. The first-order chi connectivity index (χ1) is 11.1. The van der Waals surface area contributed by atoms with Gasteiger partial charge in [-0.3, -0.25) is 4.79 Å². The number of carbonyl (C=O) groups excluding carboxylic acids is 1. The molecule has 0 aliphatic carbocycles. The number of halogens is 1. The van der Waals surface area contributed by atoms with Gasteiger partial charge in [-0.25, -0.2) is 0 Å². The summed E-state index contributed by atoms with van der Waals surface area (Å²) in [5.74, 6) is 0.0731. The second-order valence-electron chi connectivity index (χ2n) is 6.65. The Morgan fingerprint density at radius 3 is 2.54 bits per heavy atom. The molecule has 1 atom stereocenters. The normalized spacial score (nSPS) is 17.8. The number of nitrogens with zero attached hydrogens (tertiary/aromatic N) is 1. The van der Waals surface area contributed by atoms with E-state index in [1.54, 1.807) is 0 Å². The van der Waals surface area contributed by atoms with Gasteiger partial charge in [0.1, 0.15) is 0 Å². The van der Waals surface area contributed by atoms with Gasteiger partial charge in [-0.2, -0.15) is 0 Å². The van der Waals surface area contributed by atoms with Crippen LogP contribution >= 0.6 is 12.4 Å². The van der Waals surface area contributed by atoms with Crippen LogP contribution in [0.25, 0.3) is 0 Å². The highest BCUT2D eigenvalue weighted by Gasteiger charge is 2.39. The molecule has 1 aromatic carbocycles. The smallest absolute Gasteiger partial charge is 0.227 e. The number of likely N-dealkylation sites (N-methyl/N-ethyl adjacent to an activating group) is 1. The van der Waals surface area contributed by atoms with Crippen molar-refractivity contribution >= 4 is 18.3 Å². The zero-order valence-corrected chi connectivity index (χ0v) is 15.5. The third-order valence-electron chi connectivity index (χ3n) is 4.58. The van der Waals surface area contributed by atoms with Crippen LogP contribution in [0.2, 0.25) is 0 Å². The van der Waals surface area contributed by atoms with Crippen molar-refractivity contribution in [3.63, 3.8) is 0 Å². The molecule has 2 rings (SSSR count). The maximum atomic E-state index is 12.6. The zero-order chi connectivity index (χ0) is 16.7. The molecule has 1 unspecified atom stereocenters. The van der Waals surface area contributed by atoms with Crippen molar-refractivity contribution in [2.45, 2.75) is 32.4 Å². The Hall–Kier alpha value is -1.14. The summed E-state index contributed by atoms with van der Waals surface area (Å²) in [7, 11) is 2.07. The predicted octanol–water partition coefficient (Wildman–Crippen LogP) is 1.80. The van der Waals surface area contributed by atoms with Gasteiger partial charge in [-0.15, -0.1) is 12.4 Å². The molecule has 1 saturated heterocycles. The molecule has 136 valence electrons. The third-order valence-corrected chi connectivity index (χ3v) is 4.58. The van der Waals surface area contributed by atoms with E-state index in [1.807, 2.05) is 25.1 Å². The minimum atomic E-state index is -0.454. The van der Waals surface area contributed by atoms with Crippen molar-refractivity contribution in [1.82, 2.24) is 10.2 Å². The van der Waals surface area contributed by atoms with Gasteiger partial charge >= 0.3 is 0 Å². The van der Waals surface area contributed by atoms with Crippen LogP contribution in [0.1, 0.15) is 25.3 Å². The highest BCUT2D eigenvalue weighted by molar-refractivity contribution is 5.85. The van der Waals surface area contributed by atoms with Gasteiger partial charge in [0.15, 0.2) is 0 Å². The Morgan fingerprint density at radius 1 is 1.33 bits per heavy atom. The van der Waals surface area contributed by atoms with E-state index in [0.29, 0.717) is 32.6 Å². The van der Waals surface area contributed by atoms with Gasteiger partial charge in [0.2, 0.25) is 5.91 Å². The second kappa shape index (κ2) is 9.99. The quantitative estimate of drug-likeness (QED) is 0.782. The van der Waals surface area contributed by atoms with Crippen LogP contribution in [0.4, 0.5) is 0 Å². The van der Waals surface area contributed by atoms with Gasteiger partial charge in [-0.1, -0.05) is 30.3 Å². The number of ether oxygens (including phenoxy) is 1. The molecule has 1 fully saturated rings. The summed E-state index contributed by atoms with van der Waals surface area (Å²) in [4.78, 5) is 14.9. The Morgan fingerprint density at radius 2 is 1.96 bits per heavy atom. The van der Waals surface area contributed by atoms with E-state index in [-0.39, 0.29) is 24.4 Å². The molecular formula is C18H30ClN3O2. The Balaban J connectivity index is 0.00000288. The molecule has 0 bridgehead atoms. The molecule has 0 saturated carbocycles. The Bertz CT molecular complexity index is 492. The predicted molar refractivity (Wildman–Crippen MR) is 99.2 cm³/mol. The van der Waals surface area contributed by atoms with E-state index < -0.39 is 5.41 Å². The molecule has 1 amide bonds. The van der Waals surface area contributed by atoms with Crippen LogP contribution in [0.5, 0.6) is 0 Å². The number of carbonyl (C=O) groups is 1. The summed E-state index contributed by atoms with van der Waals surface area (Å²) >= 11 is 0. The van der Waals surface area contributed by atoms with Crippen molar-refractivity contribution in [2.24, 2.45) is 11.1 Å². The van der Waals surface area contributed by atoms with Gasteiger partial charge in [0, 0.05) is 38.9 Å². The number of rotatable bonds is 7. The summed E-state index contributed by atoms with van der Waals surface area (Å²) in [6, 6.07) is 10.4. The number of amides is 1. The summed E-state index contributed by atoms with van der Waals surface area (Å²) in [5.41, 5.74) is 6.71. The first-order valence-corrected chi connectivity index (χ1v) is 8.37. The monoisotopic (exact) mass is 355 g/mol. The van der Waals surface area contributed by atoms with Crippen molar-refractivity contribution in [3.05, 3.63) is 35.9 Å². The van der Waals surface area contributed by atoms with Gasteiger partial charge in [-0.05, 0) is 32.4 Å². The molecule has 0 spiro atoms. The number of nitrogens with one attached hydrogen (secondary N) is 1. The Labute approximate surface area is 151 Å². The Kier molecular flexibility index (Phi) is 8.70. The first kappa shape index (κ1) is 20.9. The number of hydrogen-bond acceptors (Lipinski definition) is 4. The topological polar surface area (TPSA) is 67.6 Å². The maximum Gasteiger partial charge on any atom is 0.227 e. The van der Waals surface area contributed by atoms with Crippen molar-refractivity contribution in [2.75, 3.05) is 33.4 Å². The minimum Gasteiger partial charge on any atom is -0.381 e. The molecule has 5 nitrogen and oxygen atoms in total. The molecule has 1 aromatic rings. The molecule has 1 aliphatic heterocycles. The van der Waals surface area contributed by atoms with Gasteiger partial charge < -0.3 is 20.7 Å². The molecule has 6 heteroatoms. The third kappa shape index (κ3) is 5.74. The lowest BCUT2D eigenvalue weighted by molar-refractivity contribution is -0.136. The number of nitrogens with two attached hydrogens (primary N) is 1. The van der Waals surface area contributed by atoms with Crippen LogP contribution in [-0.2, 0) is 16.1 Å². The van der Waals surface area contributed by atoms with E-state index >= 15 is 0 Å². The van der Waals surface area contributed by atoms with Crippen molar-refractivity contribution in [1.29, 1.82) is 0 Å². The summed E-state index contributed by atoms with van der Waals surface area (Å²) in [6.45, 7) is 5.34. The molecule has 0 radical (unpaired) electrons. The fourth-order valence-electron chi connectivity index (χ4n) is 3.14. The molecule has 24 heavy (non-hydrogen) atoms. The van der Waals surface area contributed by atoms with E-state index in [2.05, 4.69) is 29.4 Å². The van der Waals surface area contributed by atoms with E-state index in [1.165, 1.54) is 5.56 Å². The lowest BCUT2D eigenvalue weighted by Crippen LogP contribution is -2.52. The molecule has 0 aromatic heterocycles. The second-order valence-corrected chi connectivity index (χ2v) is 6.65. The largest absolute Gasteiger partial charge is 0.381 e. The van der Waals surface area contributed by atoms with Crippen LogP contribution in [0.15, 0.2) is 30.3 Å². The molecule has 1 aliphatic rings. The SMILES string of the molecule is CC(CN(C)Cc1ccccc1)NC(=O)C1(CN)CCOCC1.Cl. The minimum absolute atomic E-state index is 0. The maximum absolute atomic E-state index is 12.6. The van der Waals surface area contributed by atoms with Gasteiger partial charge in [0.25, 0.3) is 0 Å². The van der Waals surface area contributed by atoms with Crippen molar-refractivity contribution < 1.29 is 9.53 Å². The first-order valence-electron chi connectivity index (χ1n) is 8.37. The zero-order valence-electron chi connectivity index (χ0n) is 14.7. The average Bonchev–Trinajstić information content (AvgIpc) is 2.56.